The molecule has 1 aliphatic carbocycles. The van der Waals surface area contributed by atoms with Crippen LogP contribution < -0.4 is 0 Å². The van der Waals surface area contributed by atoms with Gasteiger partial charge in [0.2, 0.25) is 0 Å². The average Bonchev–Trinajstić information content (AvgIpc) is 2.53. The molecule has 0 aliphatic heterocycles. The number of aryl methyl sites for hydroxylation is 1. The van der Waals surface area contributed by atoms with Crippen LogP contribution in [0.25, 0.3) is 0 Å². The molecule has 2 heteroatoms. The van der Waals surface area contributed by atoms with Crippen LogP contribution >= 0.6 is 0 Å². The van der Waals surface area contributed by atoms with E-state index in [1.165, 1.54) is 5.56 Å². The number of pyridine rings is 1. The van der Waals surface area contributed by atoms with Gasteiger partial charge in [0.25, 0.3) is 0 Å². The number of fused-ring (bicyclic) bond motifs is 1. The second-order valence-electron chi connectivity index (χ2n) is 2.60. The van der Waals surface area contributed by atoms with Crippen molar-refractivity contribution in [3.05, 3.63) is 29.6 Å². The maximum Gasteiger partial charge on any atom is 0.0965 e. The van der Waals surface area contributed by atoms with E-state index in [-0.39, 0.29) is 6.10 Å². The van der Waals surface area contributed by atoms with Crippen molar-refractivity contribution in [1.82, 2.24) is 4.98 Å². The molecule has 1 heterocycles. The van der Waals surface area contributed by atoms with E-state index in [0.29, 0.717) is 0 Å². The summed E-state index contributed by atoms with van der Waals surface area (Å²) in [6.45, 7) is 4.00. The van der Waals surface area contributed by atoms with Gasteiger partial charge in [0.1, 0.15) is 0 Å². The van der Waals surface area contributed by atoms with Gasteiger partial charge in [0.15, 0.2) is 0 Å². The third-order valence-corrected chi connectivity index (χ3v) is 1.93. The lowest BCUT2D eigenvalue weighted by atomic mass is 10.2. The van der Waals surface area contributed by atoms with Gasteiger partial charge in [-0.15, -0.1) is 0 Å². The summed E-state index contributed by atoms with van der Waals surface area (Å²) < 4.78 is 0. The fraction of sp³-hybridized carbons (Fsp3) is 0.500. The van der Waals surface area contributed by atoms with Crippen LogP contribution in [0.4, 0.5) is 0 Å². The van der Waals surface area contributed by atoms with Crippen LogP contribution in [0.5, 0.6) is 0 Å². The predicted molar refractivity (Wildman–Crippen MR) is 48.9 cm³/mol. The van der Waals surface area contributed by atoms with Crippen LogP contribution in [-0.2, 0) is 6.42 Å². The Morgan fingerprint density at radius 1 is 1.50 bits per heavy atom. The molecule has 1 aromatic heterocycles. The van der Waals surface area contributed by atoms with Crippen LogP contribution in [0.3, 0.4) is 0 Å². The van der Waals surface area contributed by atoms with E-state index in [4.69, 9.17) is 0 Å². The van der Waals surface area contributed by atoms with Crippen molar-refractivity contribution in [2.75, 3.05) is 0 Å². The molecule has 0 radical (unpaired) electrons. The summed E-state index contributed by atoms with van der Waals surface area (Å²) in [4.78, 5) is 4.09. The number of hydrogen-bond donors (Lipinski definition) is 1. The van der Waals surface area contributed by atoms with Crippen LogP contribution in [0.1, 0.15) is 37.6 Å². The fourth-order valence-corrected chi connectivity index (χ4v) is 1.39. The SMILES string of the molecule is CC.OC1CCc2cccnc21. The summed E-state index contributed by atoms with van der Waals surface area (Å²) in [5.74, 6) is 0. The first-order valence-electron chi connectivity index (χ1n) is 4.50. The van der Waals surface area contributed by atoms with E-state index < -0.39 is 0 Å². The number of aliphatic hydroxyl groups is 1. The van der Waals surface area contributed by atoms with E-state index in [2.05, 4.69) is 4.98 Å². The molecule has 1 atom stereocenters. The minimum Gasteiger partial charge on any atom is -0.387 e. The highest BCUT2D eigenvalue weighted by atomic mass is 16.3. The summed E-state index contributed by atoms with van der Waals surface area (Å²) in [7, 11) is 0. The average molecular weight is 165 g/mol. The largest absolute Gasteiger partial charge is 0.387 e. The summed E-state index contributed by atoms with van der Waals surface area (Å²) >= 11 is 0. The topological polar surface area (TPSA) is 33.1 Å². The number of aliphatic hydroxyl groups excluding tert-OH is 1. The second-order valence-corrected chi connectivity index (χ2v) is 2.60. The van der Waals surface area contributed by atoms with Gasteiger partial charge in [-0.05, 0) is 24.5 Å². The van der Waals surface area contributed by atoms with E-state index in [0.717, 1.165) is 18.5 Å². The van der Waals surface area contributed by atoms with Crippen molar-refractivity contribution in [2.24, 2.45) is 0 Å². The molecule has 1 unspecified atom stereocenters. The lowest BCUT2D eigenvalue weighted by Crippen LogP contribution is -1.92. The molecule has 0 saturated heterocycles. The molecule has 2 rings (SSSR count). The smallest absolute Gasteiger partial charge is 0.0965 e. The van der Waals surface area contributed by atoms with Gasteiger partial charge >= 0.3 is 0 Å². The van der Waals surface area contributed by atoms with Crippen LogP contribution in [0, 0.1) is 0 Å². The molecule has 0 bridgehead atoms. The molecule has 0 fully saturated rings. The van der Waals surface area contributed by atoms with Crippen molar-refractivity contribution in [1.29, 1.82) is 0 Å². The first kappa shape index (κ1) is 9.20. The van der Waals surface area contributed by atoms with Crippen molar-refractivity contribution in [2.45, 2.75) is 32.8 Å². The highest BCUT2D eigenvalue weighted by Gasteiger charge is 2.20. The Hall–Kier alpha value is -0.890. The first-order valence-corrected chi connectivity index (χ1v) is 4.50. The number of aromatic nitrogens is 1. The Labute approximate surface area is 73.3 Å². The zero-order valence-electron chi connectivity index (χ0n) is 7.62. The molecule has 12 heavy (non-hydrogen) atoms. The minimum absolute atomic E-state index is 0.309. The minimum atomic E-state index is -0.309. The number of hydrogen-bond acceptors (Lipinski definition) is 2. The van der Waals surface area contributed by atoms with E-state index >= 15 is 0 Å². The molecule has 1 aliphatic rings. The highest BCUT2D eigenvalue weighted by Crippen LogP contribution is 2.27. The van der Waals surface area contributed by atoms with Gasteiger partial charge in [0.05, 0.1) is 11.8 Å². The Morgan fingerprint density at radius 3 is 2.92 bits per heavy atom. The second kappa shape index (κ2) is 4.21. The summed E-state index contributed by atoms with van der Waals surface area (Å²) in [6.07, 6.45) is 3.24. The molecule has 0 saturated carbocycles. The summed E-state index contributed by atoms with van der Waals surface area (Å²) in [6, 6.07) is 3.94. The zero-order valence-corrected chi connectivity index (χ0v) is 7.62. The van der Waals surface area contributed by atoms with Crippen molar-refractivity contribution < 1.29 is 5.11 Å². The third kappa shape index (κ3) is 1.64. The van der Waals surface area contributed by atoms with Crippen molar-refractivity contribution >= 4 is 0 Å². The molecule has 66 valence electrons. The lowest BCUT2D eigenvalue weighted by Gasteiger charge is -1.99. The monoisotopic (exact) mass is 165 g/mol. The Bertz CT molecular complexity index is 247. The van der Waals surface area contributed by atoms with E-state index in [1.807, 2.05) is 26.0 Å². The maximum absolute atomic E-state index is 9.32. The van der Waals surface area contributed by atoms with Crippen LogP contribution in [-0.4, -0.2) is 10.1 Å². The number of nitrogens with zero attached hydrogens (tertiary/aromatic N) is 1. The first-order chi connectivity index (χ1) is 5.88. The normalized spacial score (nSPS) is 19.4. The van der Waals surface area contributed by atoms with Gasteiger partial charge in [0, 0.05) is 6.20 Å². The Morgan fingerprint density at radius 2 is 2.25 bits per heavy atom. The molecule has 0 aromatic carbocycles. The van der Waals surface area contributed by atoms with E-state index in [9.17, 15) is 5.11 Å². The molecule has 1 aromatic rings. The van der Waals surface area contributed by atoms with Gasteiger partial charge in [-0.25, -0.2) is 0 Å². The van der Waals surface area contributed by atoms with E-state index in [1.54, 1.807) is 6.20 Å². The van der Waals surface area contributed by atoms with Gasteiger partial charge in [-0.3, -0.25) is 4.98 Å². The van der Waals surface area contributed by atoms with Gasteiger partial charge in [-0.2, -0.15) is 0 Å². The highest BCUT2D eigenvalue weighted by molar-refractivity contribution is 5.26. The van der Waals surface area contributed by atoms with Gasteiger partial charge < -0.3 is 5.11 Å². The zero-order chi connectivity index (χ0) is 8.97. The van der Waals surface area contributed by atoms with Crippen molar-refractivity contribution in [3.8, 4) is 0 Å². The molecule has 1 N–H and O–H groups in total. The molecular weight excluding hydrogens is 150 g/mol. The fourth-order valence-electron chi connectivity index (χ4n) is 1.39. The van der Waals surface area contributed by atoms with Crippen LogP contribution in [0.15, 0.2) is 18.3 Å². The molecule has 0 spiro atoms. The predicted octanol–water partition coefficient (Wildman–Crippen LogP) is 2.09. The molecule has 0 amide bonds. The third-order valence-electron chi connectivity index (χ3n) is 1.93. The Balaban J connectivity index is 0.000000336. The van der Waals surface area contributed by atoms with Crippen molar-refractivity contribution in [3.63, 3.8) is 0 Å². The van der Waals surface area contributed by atoms with Crippen LogP contribution in [0.2, 0.25) is 0 Å². The maximum atomic E-state index is 9.32. The number of rotatable bonds is 0. The quantitative estimate of drug-likeness (QED) is 0.638. The van der Waals surface area contributed by atoms with Gasteiger partial charge in [-0.1, -0.05) is 19.9 Å². The lowest BCUT2D eigenvalue weighted by molar-refractivity contribution is 0.176. The standard InChI is InChI=1S/C8H9NO.C2H6/c10-7-4-3-6-2-1-5-9-8(6)7;1-2/h1-2,5,7,10H,3-4H2;1-2H3. The Kier molecular flexibility index (Phi) is 3.23. The molecular formula is C10H15NO. The summed E-state index contributed by atoms with van der Waals surface area (Å²) in [5.41, 5.74) is 2.08. The molecule has 2 nitrogen and oxygen atoms in total. The summed E-state index contributed by atoms with van der Waals surface area (Å²) in [5, 5.41) is 9.32.